The van der Waals surface area contributed by atoms with Crippen LogP contribution in [0, 0.1) is 11.8 Å². The molecule has 0 unspecified atom stereocenters. The van der Waals surface area contributed by atoms with Crippen molar-refractivity contribution in [3.8, 4) is 16.9 Å². The van der Waals surface area contributed by atoms with Crippen LogP contribution >= 0.6 is 0 Å². The lowest BCUT2D eigenvalue weighted by atomic mass is 9.59. The summed E-state index contributed by atoms with van der Waals surface area (Å²) in [6.07, 6.45) is 1.74. The SMILES string of the molecule is CCCc1ccc(CNCCN(C)C)cc1-c1ccc(O)c2c1C[C@H]1C[C@H]3CC(=O)C(C(N)=O)=C(O)[C@@]3(O)C(=O)C1=C2O. The van der Waals surface area contributed by atoms with Gasteiger partial charge in [-0.2, -0.15) is 0 Å². The largest absolute Gasteiger partial charge is 0.508 e. The van der Waals surface area contributed by atoms with Gasteiger partial charge >= 0.3 is 0 Å². The molecule has 2 aromatic rings. The van der Waals surface area contributed by atoms with E-state index in [1.54, 1.807) is 0 Å². The fourth-order valence-electron chi connectivity index (χ4n) is 6.88. The summed E-state index contributed by atoms with van der Waals surface area (Å²) in [6, 6.07) is 9.63. The number of carbonyl (C=O) groups excluding carboxylic acids is 3. The lowest BCUT2D eigenvalue weighted by Gasteiger charge is -2.46. The predicted octanol–water partition coefficient (Wildman–Crippen LogP) is 2.69. The van der Waals surface area contributed by atoms with Gasteiger partial charge in [-0.05, 0) is 79.2 Å². The van der Waals surface area contributed by atoms with E-state index in [1.165, 1.54) is 6.07 Å². The summed E-state index contributed by atoms with van der Waals surface area (Å²) in [6.45, 7) is 4.49. The number of aliphatic hydroxyl groups excluding tert-OH is 2. The second-order valence-corrected chi connectivity index (χ2v) is 12.1. The van der Waals surface area contributed by atoms with Gasteiger partial charge in [0, 0.05) is 37.5 Å². The fraction of sp³-hybridized carbons (Fsp3) is 0.424. The number of likely N-dealkylation sites (N-methyl/N-ethyl adjacent to an activating group) is 1. The van der Waals surface area contributed by atoms with Crippen LogP contribution in [-0.2, 0) is 33.8 Å². The highest BCUT2D eigenvalue weighted by Crippen LogP contribution is 2.53. The molecule has 3 aliphatic carbocycles. The van der Waals surface area contributed by atoms with Crippen molar-refractivity contribution >= 4 is 23.2 Å². The van der Waals surface area contributed by atoms with Crippen molar-refractivity contribution < 1.29 is 34.8 Å². The highest BCUT2D eigenvalue weighted by Gasteiger charge is 2.60. The number of phenolic OH excluding ortho intramolecular Hbond substituents is 1. The van der Waals surface area contributed by atoms with Crippen LogP contribution in [0.3, 0.4) is 0 Å². The molecule has 1 fully saturated rings. The first-order valence-electron chi connectivity index (χ1n) is 14.7. The standard InChI is InChI=1S/C33H39N3O7/c1-4-5-18-7-6-17(16-35-10-11-36(2)3)12-22(18)21-8-9-24(37)27-23(21)14-19-13-20-15-25(38)28(32(34)42)31(41)33(20,43)30(40)26(19)29(27)39/h6-9,12,19-20,35,37,39,41,43H,4-5,10-11,13-16H2,1-3H3,(H2,34,42)/t19-,20+,33+/m1/s1. The first-order chi connectivity index (χ1) is 20.4. The van der Waals surface area contributed by atoms with Crippen molar-refractivity contribution in [3.05, 3.63) is 69.5 Å². The topological polar surface area (TPSA) is 173 Å². The number of fused-ring (bicyclic) bond motifs is 3. The molecule has 0 heterocycles. The Kier molecular flexibility index (Phi) is 8.22. The van der Waals surface area contributed by atoms with Gasteiger partial charge in [0.1, 0.15) is 22.8 Å². The van der Waals surface area contributed by atoms with Crippen LogP contribution in [0.25, 0.3) is 16.9 Å². The number of primary amides is 1. The van der Waals surface area contributed by atoms with E-state index in [0.29, 0.717) is 12.1 Å². The average molecular weight is 590 g/mol. The van der Waals surface area contributed by atoms with Crippen LogP contribution in [0.4, 0.5) is 0 Å². The zero-order chi connectivity index (χ0) is 31.2. The maximum absolute atomic E-state index is 13.8. The van der Waals surface area contributed by atoms with Crippen LogP contribution < -0.4 is 11.1 Å². The minimum atomic E-state index is -2.58. The summed E-state index contributed by atoms with van der Waals surface area (Å²) in [4.78, 5) is 40.5. The number of hydrogen-bond acceptors (Lipinski definition) is 9. The van der Waals surface area contributed by atoms with Gasteiger partial charge in [-0.15, -0.1) is 0 Å². The fourth-order valence-corrected chi connectivity index (χ4v) is 6.88. The van der Waals surface area contributed by atoms with Gasteiger partial charge < -0.3 is 36.4 Å². The zero-order valence-corrected chi connectivity index (χ0v) is 24.7. The summed E-state index contributed by atoms with van der Waals surface area (Å²) in [5.41, 5.74) is 6.51. The van der Waals surface area contributed by atoms with Crippen molar-refractivity contribution in [1.29, 1.82) is 0 Å². The van der Waals surface area contributed by atoms with E-state index in [0.717, 1.165) is 48.2 Å². The molecule has 5 rings (SSSR count). The number of carbonyl (C=O) groups is 3. The molecule has 0 bridgehead atoms. The number of rotatable bonds is 9. The van der Waals surface area contributed by atoms with Crippen LogP contribution in [0.5, 0.6) is 5.75 Å². The third-order valence-electron chi connectivity index (χ3n) is 9.00. The number of nitrogens with zero attached hydrogens (tertiary/aromatic N) is 1. The minimum absolute atomic E-state index is 0.0929. The number of aliphatic hydroxyl groups is 3. The van der Waals surface area contributed by atoms with Crippen molar-refractivity contribution in [2.75, 3.05) is 27.2 Å². The Hall–Kier alpha value is -3.99. The number of hydrogen-bond donors (Lipinski definition) is 6. The molecule has 10 heteroatoms. The number of benzene rings is 2. The summed E-state index contributed by atoms with van der Waals surface area (Å²) in [7, 11) is 4.04. The third-order valence-corrected chi connectivity index (χ3v) is 9.00. The van der Waals surface area contributed by atoms with Crippen LogP contribution in [0.15, 0.2) is 47.2 Å². The van der Waals surface area contributed by atoms with Gasteiger partial charge in [0.2, 0.25) is 5.78 Å². The summed E-state index contributed by atoms with van der Waals surface area (Å²) < 4.78 is 0. The molecule has 0 aliphatic heterocycles. The molecule has 0 aromatic heterocycles. The molecule has 1 saturated carbocycles. The van der Waals surface area contributed by atoms with E-state index < -0.39 is 52.0 Å². The monoisotopic (exact) mass is 589 g/mol. The molecule has 10 nitrogen and oxygen atoms in total. The molecule has 1 amide bonds. The molecule has 0 saturated heterocycles. The maximum Gasteiger partial charge on any atom is 0.255 e. The van der Waals surface area contributed by atoms with Gasteiger partial charge in [-0.3, -0.25) is 14.4 Å². The molecule has 3 atom stereocenters. The van der Waals surface area contributed by atoms with Gasteiger partial charge in [-0.1, -0.05) is 31.5 Å². The number of amides is 1. The Morgan fingerprint density at radius 2 is 1.84 bits per heavy atom. The van der Waals surface area contributed by atoms with Crippen LogP contribution in [0.1, 0.15) is 48.4 Å². The van der Waals surface area contributed by atoms with Crippen molar-refractivity contribution in [2.45, 2.75) is 51.2 Å². The Morgan fingerprint density at radius 1 is 1.09 bits per heavy atom. The van der Waals surface area contributed by atoms with E-state index in [-0.39, 0.29) is 36.1 Å². The number of nitrogens with two attached hydrogens (primary N) is 1. The number of Topliss-reactive ketones (excluding diaryl/α,β-unsaturated/α-hetero) is 2. The van der Waals surface area contributed by atoms with Crippen molar-refractivity contribution in [1.82, 2.24) is 10.2 Å². The summed E-state index contributed by atoms with van der Waals surface area (Å²) in [5.74, 6) is -6.35. The number of phenols is 1. The molecular formula is C33H39N3O7. The first-order valence-corrected chi connectivity index (χ1v) is 14.7. The number of nitrogens with one attached hydrogen (secondary N) is 1. The smallest absolute Gasteiger partial charge is 0.255 e. The highest BCUT2D eigenvalue weighted by molar-refractivity contribution is 6.22. The normalized spacial score (nSPS) is 23.4. The van der Waals surface area contributed by atoms with Crippen molar-refractivity contribution in [3.63, 3.8) is 0 Å². The van der Waals surface area contributed by atoms with Gasteiger partial charge in [0.05, 0.1) is 5.56 Å². The summed E-state index contributed by atoms with van der Waals surface area (Å²) in [5, 5.41) is 48.2. The number of aromatic hydroxyl groups is 1. The minimum Gasteiger partial charge on any atom is -0.508 e. The maximum atomic E-state index is 13.8. The van der Waals surface area contributed by atoms with Gasteiger partial charge in [0.25, 0.3) is 5.91 Å². The third kappa shape index (κ3) is 5.13. The number of aryl methyl sites for hydroxylation is 1. The highest BCUT2D eigenvalue weighted by atomic mass is 16.3. The molecule has 7 N–H and O–H groups in total. The molecule has 3 aliphatic rings. The zero-order valence-electron chi connectivity index (χ0n) is 24.7. The van der Waals surface area contributed by atoms with E-state index in [2.05, 4.69) is 35.3 Å². The Balaban J connectivity index is 1.61. The predicted molar refractivity (Wildman–Crippen MR) is 161 cm³/mol. The summed E-state index contributed by atoms with van der Waals surface area (Å²) >= 11 is 0. The van der Waals surface area contributed by atoms with Gasteiger partial charge in [0.15, 0.2) is 11.4 Å². The van der Waals surface area contributed by atoms with Crippen LogP contribution in [-0.4, -0.2) is 75.6 Å². The van der Waals surface area contributed by atoms with E-state index in [4.69, 9.17) is 5.73 Å². The van der Waals surface area contributed by atoms with Gasteiger partial charge in [-0.25, -0.2) is 0 Å². The lowest BCUT2D eigenvalue weighted by molar-refractivity contribution is -0.147. The molecule has 2 aromatic carbocycles. The first kappa shape index (κ1) is 30.5. The Labute approximate surface area is 250 Å². The van der Waals surface area contributed by atoms with E-state index in [9.17, 15) is 34.8 Å². The molecule has 0 radical (unpaired) electrons. The molecule has 0 spiro atoms. The molecule has 228 valence electrons. The van der Waals surface area contributed by atoms with E-state index in [1.807, 2.05) is 20.2 Å². The molecular weight excluding hydrogens is 550 g/mol. The van der Waals surface area contributed by atoms with E-state index >= 15 is 0 Å². The average Bonchev–Trinajstić information content (AvgIpc) is 2.94. The Morgan fingerprint density at radius 3 is 2.51 bits per heavy atom. The Bertz CT molecular complexity index is 1570. The molecule has 43 heavy (non-hydrogen) atoms. The van der Waals surface area contributed by atoms with Crippen molar-refractivity contribution in [2.24, 2.45) is 17.6 Å². The number of ketones is 2. The lowest BCUT2D eigenvalue weighted by Crippen LogP contribution is -2.58. The second kappa shape index (κ2) is 11.6. The quantitative estimate of drug-likeness (QED) is 0.190. The van der Waals surface area contributed by atoms with Crippen LogP contribution in [0.2, 0.25) is 0 Å². The second-order valence-electron chi connectivity index (χ2n) is 12.1.